The smallest absolute Gasteiger partial charge is 0.273 e. The molecule has 1 saturated heterocycles. The molecular formula is C17H20N4O3S. The van der Waals surface area contributed by atoms with Gasteiger partial charge in [0.05, 0.1) is 15.6 Å². The predicted octanol–water partition coefficient (Wildman–Crippen LogP) is 2.63. The van der Waals surface area contributed by atoms with Gasteiger partial charge >= 0.3 is 0 Å². The van der Waals surface area contributed by atoms with Gasteiger partial charge in [0.1, 0.15) is 0 Å². The Morgan fingerprint density at radius 3 is 2.60 bits per heavy atom. The Morgan fingerprint density at radius 1 is 1.28 bits per heavy atom. The number of amides is 1. The molecule has 0 unspecified atom stereocenters. The molecule has 0 atom stereocenters. The van der Waals surface area contributed by atoms with Gasteiger partial charge in [-0.25, -0.2) is 4.98 Å². The zero-order valence-corrected chi connectivity index (χ0v) is 15.1. The fourth-order valence-corrected chi connectivity index (χ4v) is 3.54. The number of carbonyl (C=O) groups is 1. The van der Waals surface area contributed by atoms with Crippen LogP contribution in [0.5, 0.6) is 0 Å². The summed E-state index contributed by atoms with van der Waals surface area (Å²) in [6.07, 6.45) is 0. The van der Waals surface area contributed by atoms with Crippen molar-refractivity contribution >= 4 is 22.9 Å². The summed E-state index contributed by atoms with van der Waals surface area (Å²) in [7, 11) is 0. The van der Waals surface area contributed by atoms with Gasteiger partial charge in [-0.05, 0) is 19.9 Å². The minimum Gasteiger partial charge on any atom is -0.336 e. The lowest BCUT2D eigenvalue weighted by atomic mass is 10.1. The molecule has 1 aliphatic rings. The van der Waals surface area contributed by atoms with Crippen molar-refractivity contribution in [3.8, 4) is 0 Å². The van der Waals surface area contributed by atoms with Gasteiger partial charge in [-0.1, -0.05) is 6.07 Å². The molecule has 0 radical (unpaired) electrons. The summed E-state index contributed by atoms with van der Waals surface area (Å²) < 4.78 is 0. The maximum Gasteiger partial charge on any atom is 0.273 e. The molecular weight excluding hydrogens is 340 g/mol. The van der Waals surface area contributed by atoms with Gasteiger partial charge in [-0.3, -0.25) is 19.8 Å². The average molecular weight is 360 g/mol. The Morgan fingerprint density at radius 2 is 2.00 bits per heavy atom. The highest BCUT2D eigenvalue weighted by molar-refractivity contribution is 7.09. The first-order valence-electron chi connectivity index (χ1n) is 8.11. The predicted molar refractivity (Wildman–Crippen MR) is 95.9 cm³/mol. The van der Waals surface area contributed by atoms with Crippen LogP contribution in [-0.2, 0) is 6.54 Å². The molecule has 0 aliphatic carbocycles. The largest absolute Gasteiger partial charge is 0.336 e. The second-order valence-electron chi connectivity index (χ2n) is 6.18. The number of hydrogen-bond acceptors (Lipinski definition) is 6. The number of aryl methyl sites for hydroxylation is 2. The highest BCUT2D eigenvalue weighted by atomic mass is 32.1. The van der Waals surface area contributed by atoms with E-state index >= 15 is 0 Å². The van der Waals surface area contributed by atoms with Crippen LogP contribution in [-0.4, -0.2) is 51.8 Å². The van der Waals surface area contributed by atoms with E-state index in [0.717, 1.165) is 30.3 Å². The highest BCUT2D eigenvalue weighted by Crippen LogP contribution is 2.21. The first-order chi connectivity index (χ1) is 11.9. The Bertz CT molecular complexity index is 797. The van der Waals surface area contributed by atoms with E-state index in [1.807, 2.05) is 6.92 Å². The third-order valence-electron chi connectivity index (χ3n) is 4.36. The minimum absolute atomic E-state index is 0.0108. The SMILES string of the molecule is Cc1nc(CN2CCN(C(=O)c3ccc(C)c([N+](=O)[O-])c3)CC2)cs1. The molecule has 3 rings (SSSR count). The molecule has 1 aliphatic heterocycles. The zero-order chi connectivity index (χ0) is 18.0. The van der Waals surface area contributed by atoms with Crippen molar-refractivity contribution in [2.45, 2.75) is 20.4 Å². The van der Waals surface area contributed by atoms with E-state index < -0.39 is 4.92 Å². The van der Waals surface area contributed by atoms with E-state index in [1.54, 1.807) is 35.3 Å². The van der Waals surface area contributed by atoms with Crippen molar-refractivity contribution in [3.05, 3.63) is 55.5 Å². The van der Waals surface area contributed by atoms with Crippen LogP contribution >= 0.6 is 11.3 Å². The van der Waals surface area contributed by atoms with E-state index in [2.05, 4.69) is 15.3 Å². The number of piperazine rings is 1. The molecule has 1 amide bonds. The molecule has 0 spiro atoms. The van der Waals surface area contributed by atoms with Crippen LogP contribution in [0, 0.1) is 24.0 Å². The number of benzene rings is 1. The number of carbonyl (C=O) groups excluding carboxylic acids is 1. The number of nitro benzene ring substituents is 1. The minimum atomic E-state index is -0.445. The molecule has 2 heterocycles. The maximum atomic E-state index is 12.6. The molecule has 1 fully saturated rings. The lowest BCUT2D eigenvalue weighted by Crippen LogP contribution is -2.48. The van der Waals surface area contributed by atoms with Gasteiger partial charge in [0, 0.05) is 55.3 Å². The number of nitrogens with zero attached hydrogens (tertiary/aromatic N) is 4. The number of aromatic nitrogens is 1. The number of nitro groups is 1. The Labute approximate surface area is 150 Å². The second kappa shape index (κ2) is 7.28. The Hall–Kier alpha value is -2.32. The Kier molecular flexibility index (Phi) is 5.10. The van der Waals surface area contributed by atoms with Gasteiger partial charge in [0.25, 0.3) is 11.6 Å². The van der Waals surface area contributed by atoms with E-state index in [9.17, 15) is 14.9 Å². The molecule has 1 aromatic heterocycles. The molecule has 0 bridgehead atoms. The maximum absolute atomic E-state index is 12.6. The van der Waals surface area contributed by atoms with Crippen LogP contribution in [0.25, 0.3) is 0 Å². The van der Waals surface area contributed by atoms with Crippen molar-refractivity contribution in [3.63, 3.8) is 0 Å². The van der Waals surface area contributed by atoms with Crippen LogP contribution in [0.3, 0.4) is 0 Å². The summed E-state index contributed by atoms with van der Waals surface area (Å²) in [5.74, 6) is -0.146. The fourth-order valence-electron chi connectivity index (χ4n) is 2.94. The molecule has 2 aromatic rings. The topological polar surface area (TPSA) is 79.6 Å². The molecule has 25 heavy (non-hydrogen) atoms. The quantitative estimate of drug-likeness (QED) is 0.618. The normalized spacial score (nSPS) is 15.4. The zero-order valence-electron chi connectivity index (χ0n) is 14.3. The molecule has 1 aromatic carbocycles. The molecule has 7 nitrogen and oxygen atoms in total. The van der Waals surface area contributed by atoms with Gasteiger partial charge in [-0.2, -0.15) is 0 Å². The first-order valence-corrected chi connectivity index (χ1v) is 8.99. The van der Waals surface area contributed by atoms with Gasteiger partial charge in [0.2, 0.25) is 0 Å². The lowest BCUT2D eigenvalue weighted by Gasteiger charge is -2.34. The van der Waals surface area contributed by atoms with Crippen molar-refractivity contribution in [1.82, 2.24) is 14.8 Å². The molecule has 132 valence electrons. The van der Waals surface area contributed by atoms with Gasteiger partial charge in [-0.15, -0.1) is 11.3 Å². The van der Waals surface area contributed by atoms with Crippen LogP contribution in [0.2, 0.25) is 0 Å². The van der Waals surface area contributed by atoms with E-state index in [1.165, 1.54) is 6.07 Å². The summed E-state index contributed by atoms with van der Waals surface area (Å²) in [6.45, 7) is 7.24. The monoisotopic (exact) mass is 360 g/mol. The molecule has 8 heteroatoms. The van der Waals surface area contributed by atoms with E-state index in [4.69, 9.17) is 0 Å². The summed E-state index contributed by atoms with van der Waals surface area (Å²) in [4.78, 5) is 31.8. The van der Waals surface area contributed by atoms with Crippen LogP contribution in [0.4, 0.5) is 5.69 Å². The third kappa shape index (κ3) is 4.02. The van der Waals surface area contributed by atoms with Crippen molar-refractivity contribution < 1.29 is 9.72 Å². The highest BCUT2D eigenvalue weighted by Gasteiger charge is 2.24. The molecule has 0 N–H and O–H groups in total. The number of thiazole rings is 1. The van der Waals surface area contributed by atoms with E-state index in [-0.39, 0.29) is 11.6 Å². The van der Waals surface area contributed by atoms with Gasteiger partial charge in [0.15, 0.2) is 0 Å². The summed E-state index contributed by atoms with van der Waals surface area (Å²) >= 11 is 1.64. The van der Waals surface area contributed by atoms with Gasteiger partial charge < -0.3 is 4.90 Å². The molecule has 0 saturated carbocycles. The standard InChI is InChI=1S/C17H20N4O3S/c1-12-3-4-14(9-16(12)21(23)24)17(22)20-7-5-19(6-8-20)10-15-11-25-13(2)18-15/h3-4,9,11H,5-8,10H2,1-2H3. The summed E-state index contributed by atoms with van der Waals surface area (Å²) in [6, 6.07) is 4.67. The van der Waals surface area contributed by atoms with Crippen molar-refractivity contribution in [2.75, 3.05) is 26.2 Å². The van der Waals surface area contributed by atoms with Crippen molar-refractivity contribution in [1.29, 1.82) is 0 Å². The first kappa shape index (κ1) is 17.5. The number of rotatable bonds is 4. The van der Waals surface area contributed by atoms with Crippen LogP contribution < -0.4 is 0 Å². The van der Waals surface area contributed by atoms with Crippen LogP contribution in [0.1, 0.15) is 26.6 Å². The second-order valence-corrected chi connectivity index (χ2v) is 7.25. The fraction of sp³-hybridized carbons (Fsp3) is 0.412. The van der Waals surface area contributed by atoms with E-state index in [0.29, 0.717) is 24.2 Å². The third-order valence-corrected chi connectivity index (χ3v) is 5.19. The average Bonchev–Trinajstić information content (AvgIpc) is 3.00. The Balaban J connectivity index is 1.61. The van der Waals surface area contributed by atoms with Crippen LogP contribution in [0.15, 0.2) is 23.6 Å². The summed E-state index contributed by atoms with van der Waals surface area (Å²) in [5.41, 5.74) is 1.99. The van der Waals surface area contributed by atoms with Crippen molar-refractivity contribution in [2.24, 2.45) is 0 Å². The lowest BCUT2D eigenvalue weighted by molar-refractivity contribution is -0.385. The number of hydrogen-bond donors (Lipinski definition) is 0. The summed E-state index contributed by atoms with van der Waals surface area (Å²) in [5, 5.41) is 14.2.